The molecular weight excluding hydrogens is 346 g/mol. The first-order valence-electron chi connectivity index (χ1n) is 8.04. The number of hydrogen-bond acceptors (Lipinski definition) is 5. The molecule has 4 rings (SSSR count). The minimum absolute atomic E-state index is 0.405. The number of para-hydroxylation sites is 1. The van der Waals surface area contributed by atoms with Crippen LogP contribution in [0.1, 0.15) is 10.4 Å². The molecule has 4 nitrogen and oxygen atoms in total. The van der Waals surface area contributed by atoms with Crippen molar-refractivity contribution >= 4 is 27.4 Å². The van der Waals surface area contributed by atoms with Crippen LogP contribution in [0.3, 0.4) is 0 Å². The van der Waals surface area contributed by atoms with Crippen LogP contribution in [0.5, 0.6) is 10.8 Å². The van der Waals surface area contributed by atoms with E-state index in [1.807, 2.05) is 60.7 Å². The molecule has 128 valence electrons. The number of fused-ring (bicyclic) bond motifs is 1. The van der Waals surface area contributed by atoms with Crippen molar-refractivity contribution in [3.05, 3.63) is 78.6 Å². The van der Waals surface area contributed by atoms with Crippen molar-refractivity contribution in [2.75, 3.05) is 7.11 Å². The van der Waals surface area contributed by atoms with Crippen LogP contribution in [0, 0.1) is 0 Å². The third kappa shape index (κ3) is 3.05. The standard InChI is InChI=1S/C21H15NO3S/c1-24-21(23)17-12-22-13-19-16(17)11-20(26-19)25-18-10-6-5-9-15(18)14-7-3-2-4-8-14/h2-13H,1H3. The average molecular weight is 361 g/mol. The third-order valence-electron chi connectivity index (χ3n) is 4.01. The molecule has 0 spiro atoms. The summed E-state index contributed by atoms with van der Waals surface area (Å²) in [7, 11) is 1.36. The molecular formula is C21H15NO3S. The van der Waals surface area contributed by atoms with E-state index in [9.17, 15) is 4.79 Å². The molecule has 0 amide bonds. The Hall–Kier alpha value is -3.18. The fourth-order valence-corrected chi connectivity index (χ4v) is 3.70. The lowest BCUT2D eigenvalue weighted by atomic mass is 10.1. The highest BCUT2D eigenvalue weighted by Crippen LogP contribution is 2.39. The van der Waals surface area contributed by atoms with Crippen molar-refractivity contribution in [3.63, 3.8) is 0 Å². The van der Waals surface area contributed by atoms with Crippen LogP contribution < -0.4 is 4.74 Å². The molecule has 0 aliphatic carbocycles. The minimum Gasteiger partial charge on any atom is -0.465 e. The van der Waals surface area contributed by atoms with Gasteiger partial charge in [-0.05, 0) is 11.6 Å². The molecule has 0 aliphatic rings. The zero-order chi connectivity index (χ0) is 17.9. The van der Waals surface area contributed by atoms with Crippen molar-refractivity contribution < 1.29 is 14.3 Å². The van der Waals surface area contributed by atoms with Crippen molar-refractivity contribution in [2.45, 2.75) is 0 Å². The number of thiophene rings is 1. The van der Waals surface area contributed by atoms with Crippen LogP contribution in [-0.4, -0.2) is 18.1 Å². The molecule has 0 bridgehead atoms. The smallest absolute Gasteiger partial charge is 0.340 e. The normalized spacial score (nSPS) is 10.7. The average Bonchev–Trinajstić information content (AvgIpc) is 3.11. The largest absolute Gasteiger partial charge is 0.465 e. The van der Waals surface area contributed by atoms with Gasteiger partial charge >= 0.3 is 5.97 Å². The first-order valence-corrected chi connectivity index (χ1v) is 8.86. The summed E-state index contributed by atoms with van der Waals surface area (Å²) in [6, 6.07) is 19.8. The van der Waals surface area contributed by atoms with Crippen molar-refractivity contribution in [2.24, 2.45) is 0 Å². The summed E-state index contributed by atoms with van der Waals surface area (Å²) in [5.41, 5.74) is 2.53. The van der Waals surface area contributed by atoms with Gasteiger partial charge in [-0.25, -0.2) is 4.79 Å². The van der Waals surface area contributed by atoms with E-state index in [2.05, 4.69) is 4.98 Å². The second kappa shape index (κ2) is 6.98. The lowest BCUT2D eigenvalue weighted by Crippen LogP contribution is -2.01. The van der Waals surface area contributed by atoms with Crippen LogP contribution in [0.2, 0.25) is 0 Å². The summed E-state index contributed by atoms with van der Waals surface area (Å²) in [6.07, 6.45) is 3.24. The van der Waals surface area contributed by atoms with Gasteiger partial charge in [0, 0.05) is 29.4 Å². The molecule has 0 aliphatic heterocycles. The number of ether oxygens (including phenoxy) is 2. The molecule has 0 saturated carbocycles. The highest BCUT2D eigenvalue weighted by molar-refractivity contribution is 7.20. The van der Waals surface area contributed by atoms with Gasteiger partial charge in [0.1, 0.15) is 5.75 Å². The van der Waals surface area contributed by atoms with Gasteiger partial charge in [0.15, 0.2) is 5.06 Å². The molecule has 26 heavy (non-hydrogen) atoms. The van der Waals surface area contributed by atoms with E-state index in [1.165, 1.54) is 24.6 Å². The van der Waals surface area contributed by atoms with Crippen molar-refractivity contribution in [1.29, 1.82) is 0 Å². The number of nitrogens with zero attached hydrogens (tertiary/aromatic N) is 1. The van der Waals surface area contributed by atoms with Gasteiger partial charge in [-0.3, -0.25) is 4.98 Å². The molecule has 0 radical (unpaired) electrons. The zero-order valence-electron chi connectivity index (χ0n) is 14.0. The monoisotopic (exact) mass is 361 g/mol. The quantitative estimate of drug-likeness (QED) is 0.448. The van der Waals surface area contributed by atoms with Gasteiger partial charge in [-0.1, -0.05) is 59.9 Å². The molecule has 4 aromatic rings. The fourth-order valence-electron chi connectivity index (χ4n) is 2.78. The number of carbonyl (C=O) groups excluding carboxylic acids is 1. The topological polar surface area (TPSA) is 48.4 Å². The highest BCUT2D eigenvalue weighted by Gasteiger charge is 2.15. The van der Waals surface area contributed by atoms with E-state index in [4.69, 9.17) is 9.47 Å². The maximum absolute atomic E-state index is 11.9. The summed E-state index contributed by atoms with van der Waals surface area (Å²) < 4.78 is 11.9. The van der Waals surface area contributed by atoms with Crippen LogP contribution in [0.15, 0.2) is 73.1 Å². The number of pyridine rings is 1. The Bertz CT molecular complexity index is 1070. The Morgan fingerprint density at radius 2 is 1.77 bits per heavy atom. The number of hydrogen-bond donors (Lipinski definition) is 0. The minimum atomic E-state index is -0.405. The number of methoxy groups -OCH3 is 1. The van der Waals surface area contributed by atoms with E-state index in [0.717, 1.165) is 27.0 Å². The molecule has 0 fully saturated rings. The van der Waals surface area contributed by atoms with Crippen LogP contribution in [0.4, 0.5) is 0 Å². The molecule has 5 heteroatoms. The highest BCUT2D eigenvalue weighted by atomic mass is 32.1. The Kier molecular flexibility index (Phi) is 4.37. The predicted molar refractivity (Wildman–Crippen MR) is 103 cm³/mol. The van der Waals surface area contributed by atoms with E-state index in [1.54, 1.807) is 6.20 Å². The van der Waals surface area contributed by atoms with Crippen molar-refractivity contribution in [1.82, 2.24) is 4.98 Å². The second-order valence-corrected chi connectivity index (χ2v) is 6.67. The summed E-state index contributed by atoms with van der Waals surface area (Å²) >= 11 is 1.45. The number of carbonyl (C=O) groups is 1. The lowest BCUT2D eigenvalue weighted by Gasteiger charge is -2.09. The molecule has 0 saturated heterocycles. The number of benzene rings is 2. The number of rotatable bonds is 4. The van der Waals surface area contributed by atoms with Gasteiger partial charge < -0.3 is 9.47 Å². The summed E-state index contributed by atoms with van der Waals surface area (Å²) in [4.78, 5) is 16.1. The van der Waals surface area contributed by atoms with Crippen LogP contribution in [-0.2, 0) is 4.74 Å². The molecule has 2 heterocycles. The molecule has 2 aromatic heterocycles. The lowest BCUT2D eigenvalue weighted by molar-refractivity contribution is 0.0602. The summed E-state index contributed by atoms with van der Waals surface area (Å²) in [5, 5.41) is 1.48. The molecule has 0 atom stereocenters. The first kappa shape index (κ1) is 16.3. The second-order valence-electron chi connectivity index (χ2n) is 5.62. The van der Waals surface area contributed by atoms with Gasteiger partial charge in [0.25, 0.3) is 0 Å². The SMILES string of the molecule is COC(=O)c1cncc2sc(Oc3ccccc3-c3ccccc3)cc12. The Labute approximate surface area is 154 Å². The van der Waals surface area contributed by atoms with Gasteiger partial charge in [-0.15, -0.1) is 0 Å². The van der Waals surface area contributed by atoms with Gasteiger partial charge in [0.2, 0.25) is 0 Å². The van der Waals surface area contributed by atoms with E-state index < -0.39 is 5.97 Å². The Morgan fingerprint density at radius 1 is 1.00 bits per heavy atom. The van der Waals surface area contributed by atoms with Gasteiger partial charge in [-0.2, -0.15) is 0 Å². The Morgan fingerprint density at radius 3 is 2.58 bits per heavy atom. The molecule has 0 unspecified atom stereocenters. The summed E-state index contributed by atoms with van der Waals surface area (Å²) in [6.45, 7) is 0. The van der Waals surface area contributed by atoms with E-state index >= 15 is 0 Å². The van der Waals surface area contributed by atoms with Crippen LogP contribution >= 0.6 is 11.3 Å². The van der Waals surface area contributed by atoms with Crippen LogP contribution in [0.25, 0.3) is 21.2 Å². The Balaban J connectivity index is 1.74. The first-order chi connectivity index (χ1) is 12.8. The maximum Gasteiger partial charge on any atom is 0.340 e. The van der Waals surface area contributed by atoms with Crippen molar-refractivity contribution in [3.8, 4) is 21.9 Å². The fraction of sp³-hybridized carbons (Fsp3) is 0.0476. The number of aromatic nitrogens is 1. The predicted octanol–water partition coefficient (Wildman–Crippen LogP) is 5.54. The number of esters is 1. The third-order valence-corrected chi connectivity index (χ3v) is 4.96. The molecule has 0 N–H and O–H groups in total. The van der Waals surface area contributed by atoms with Gasteiger partial charge in [0.05, 0.1) is 17.4 Å². The summed E-state index contributed by atoms with van der Waals surface area (Å²) in [5.74, 6) is 0.356. The van der Waals surface area contributed by atoms with E-state index in [0.29, 0.717) is 10.6 Å². The molecule has 2 aromatic carbocycles. The zero-order valence-corrected chi connectivity index (χ0v) is 14.8. The maximum atomic E-state index is 11.9. The van der Waals surface area contributed by atoms with E-state index in [-0.39, 0.29) is 0 Å².